The van der Waals surface area contributed by atoms with Crippen LogP contribution in [0.4, 0.5) is 0 Å². The number of hydrogen-bond acceptors (Lipinski definition) is 4. The van der Waals surface area contributed by atoms with Crippen molar-refractivity contribution in [2.45, 2.75) is 32.6 Å². The van der Waals surface area contributed by atoms with Crippen LogP contribution in [0.1, 0.15) is 38.4 Å². The zero-order chi connectivity index (χ0) is 18.1. The Morgan fingerprint density at radius 3 is 3.04 bits per heavy atom. The second-order valence-corrected chi connectivity index (χ2v) is 7.59. The summed E-state index contributed by atoms with van der Waals surface area (Å²) in [5.74, 6) is 1.73. The van der Waals surface area contributed by atoms with Gasteiger partial charge >= 0.3 is 5.69 Å². The van der Waals surface area contributed by atoms with Crippen LogP contribution in [0.15, 0.2) is 41.5 Å². The molecule has 4 rings (SSSR count). The fourth-order valence-corrected chi connectivity index (χ4v) is 3.94. The van der Waals surface area contributed by atoms with E-state index in [9.17, 15) is 4.79 Å². The van der Waals surface area contributed by atoms with Gasteiger partial charge in [-0.2, -0.15) is 4.68 Å². The monoisotopic (exact) mass is 351 g/mol. The number of fused-ring (bicyclic) bond motifs is 1. The van der Waals surface area contributed by atoms with E-state index in [1.54, 1.807) is 6.20 Å². The van der Waals surface area contributed by atoms with Crippen LogP contribution in [0.2, 0.25) is 0 Å². The molecule has 1 N–H and O–H groups in total. The third-order valence-electron chi connectivity index (χ3n) is 5.04. The molecule has 26 heavy (non-hydrogen) atoms. The Hall–Kier alpha value is -2.47. The quantitative estimate of drug-likeness (QED) is 0.785. The van der Waals surface area contributed by atoms with Crippen LogP contribution in [0.25, 0.3) is 16.5 Å². The maximum atomic E-state index is 12.6. The number of rotatable bonds is 4. The minimum atomic E-state index is -0.176. The van der Waals surface area contributed by atoms with Gasteiger partial charge in [-0.15, -0.1) is 5.10 Å². The maximum absolute atomic E-state index is 12.6. The third-order valence-corrected chi connectivity index (χ3v) is 5.04. The number of H-pyrrole nitrogens is 1. The van der Waals surface area contributed by atoms with Crippen molar-refractivity contribution in [2.75, 3.05) is 19.6 Å². The van der Waals surface area contributed by atoms with Crippen molar-refractivity contribution < 1.29 is 0 Å². The average Bonchev–Trinajstić information content (AvgIpc) is 3.02. The Balaban J connectivity index is 1.66. The largest absolute Gasteiger partial charge is 0.348 e. The molecule has 6 heteroatoms. The molecule has 0 radical (unpaired) electrons. The molecule has 1 saturated heterocycles. The fraction of sp³-hybridized carbons (Fsp3) is 0.450. The molecule has 136 valence electrons. The highest BCUT2D eigenvalue weighted by molar-refractivity contribution is 5.89. The molecular weight excluding hydrogens is 326 g/mol. The number of benzene rings is 1. The number of aromatic amines is 1. The first-order valence-corrected chi connectivity index (χ1v) is 9.36. The lowest BCUT2D eigenvalue weighted by Gasteiger charge is -2.32. The zero-order valence-electron chi connectivity index (χ0n) is 15.4. The van der Waals surface area contributed by atoms with Crippen molar-refractivity contribution in [2.24, 2.45) is 5.92 Å². The molecule has 0 aliphatic carbocycles. The first-order chi connectivity index (χ1) is 12.6. The van der Waals surface area contributed by atoms with Gasteiger partial charge in [0.2, 0.25) is 0 Å². The van der Waals surface area contributed by atoms with Gasteiger partial charge in [-0.25, -0.2) is 4.79 Å². The first kappa shape index (κ1) is 17.0. The van der Waals surface area contributed by atoms with Gasteiger partial charge in [-0.1, -0.05) is 26.0 Å². The van der Waals surface area contributed by atoms with Gasteiger partial charge in [-0.05, 0) is 37.4 Å². The summed E-state index contributed by atoms with van der Waals surface area (Å²) in [6.45, 7) is 7.68. The number of hydrogen-bond donors (Lipinski definition) is 1. The standard InChI is InChI=1S/C20H25N5O/c1-14(2)12-24-10-4-6-16(13-24)19-22-20(26)25(23-19)18-7-3-5-15-11-21-9-8-17(15)18/h3,5,7-9,11,14,16H,4,6,10,12-13H2,1-2H3,(H,22,23,26). The molecular formula is C20H25N5O. The molecule has 1 atom stereocenters. The van der Waals surface area contributed by atoms with Crippen molar-refractivity contribution in [3.63, 3.8) is 0 Å². The molecule has 6 nitrogen and oxygen atoms in total. The number of nitrogens with zero attached hydrogens (tertiary/aromatic N) is 4. The molecule has 3 aromatic rings. The van der Waals surface area contributed by atoms with Crippen molar-refractivity contribution in [3.8, 4) is 5.69 Å². The topological polar surface area (TPSA) is 66.8 Å². The lowest BCUT2D eigenvalue weighted by atomic mass is 9.96. The van der Waals surface area contributed by atoms with E-state index in [-0.39, 0.29) is 11.6 Å². The van der Waals surface area contributed by atoms with Gasteiger partial charge < -0.3 is 4.90 Å². The number of nitrogens with one attached hydrogen (secondary N) is 1. The van der Waals surface area contributed by atoms with Crippen molar-refractivity contribution in [1.29, 1.82) is 0 Å². The Morgan fingerprint density at radius 2 is 2.19 bits per heavy atom. The summed E-state index contributed by atoms with van der Waals surface area (Å²) in [6.07, 6.45) is 5.77. The predicted octanol–water partition coefficient (Wildman–Crippen LogP) is 2.94. The van der Waals surface area contributed by atoms with Gasteiger partial charge in [0.05, 0.1) is 5.69 Å². The van der Waals surface area contributed by atoms with Crippen LogP contribution in [0.5, 0.6) is 0 Å². The summed E-state index contributed by atoms with van der Waals surface area (Å²) in [4.78, 5) is 22.3. The smallest absolute Gasteiger partial charge is 0.302 e. The number of likely N-dealkylation sites (tertiary alicyclic amines) is 1. The van der Waals surface area contributed by atoms with E-state index < -0.39 is 0 Å². The van der Waals surface area contributed by atoms with E-state index in [1.807, 2.05) is 30.5 Å². The summed E-state index contributed by atoms with van der Waals surface area (Å²) >= 11 is 0. The van der Waals surface area contributed by atoms with E-state index in [0.29, 0.717) is 5.92 Å². The molecule has 0 saturated carbocycles. The SMILES string of the molecule is CC(C)CN1CCCC(c2nn(-c3cccc4cnccc34)c(=O)[nH]2)C1. The van der Waals surface area contributed by atoms with Crippen molar-refractivity contribution in [1.82, 2.24) is 24.6 Å². The molecule has 1 aliphatic heterocycles. The van der Waals surface area contributed by atoms with E-state index in [0.717, 1.165) is 54.8 Å². The Morgan fingerprint density at radius 1 is 1.31 bits per heavy atom. The van der Waals surface area contributed by atoms with Crippen LogP contribution in [0.3, 0.4) is 0 Å². The Labute approximate surface area is 152 Å². The fourth-order valence-electron chi connectivity index (χ4n) is 3.94. The number of piperidine rings is 1. The van der Waals surface area contributed by atoms with Gasteiger partial charge in [0.15, 0.2) is 0 Å². The molecule has 1 aliphatic rings. The van der Waals surface area contributed by atoms with E-state index in [1.165, 1.54) is 4.68 Å². The van der Waals surface area contributed by atoms with E-state index in [4.69, 9.17) is 0 Å². The van der Waals surface area contributed by atoms with Crippen LogP contribution < -0.4 is 5.69 Å². The van der Waals surface area contributed by atoms with Crippen LogP contribution in [0, 0.1) is 5.92 Å². The lowest BCUT2D eigenvalue weighted by Crippen LogP contribution is -2.37. The molecule has 2 aromatic heterocycles. The van der Waals surface area contributed by atoms with Crippen LogP contribution in [-0.2, 0) is 0 Å². The summed E-state index contributed by atoms with van der Waals surface area (Å²) in [5, 5.41) is 6.65. The molecule has 1 fully saturated rings. The highest BCUT2D eigenvalue weighted by atomic mass is 16.1. The molecule has 3 heterocycles. The summed E-state index contributed by atoms with van der Waals surface area (Å²) in [6, 6.07) is 7.79. The van der Waals surface area contributed by atoms with Crippen LogP contribution in [-0.4, -0.2) is 44.3 Å². The normalized spacial score (nSPS) is 18.7. The average molecular weight is 351 g/mol. The lowest BCUT2D eigenvalue weighted by molar-refractivity contribution is 0.185. The van der Waals surface area contributed by atoms with E-state index in [2.05, 4.69) is 33.8 Å². The predicted molar refractivity (Wildman–Crippen MR) is 103 cm³/mol. The molecule has 0 spiro atoms. The summed E-state index contributed by atoms with van der Waals surface area (Å²) < 4.78 is 1.50. The number of aromatic nitrogens is 4. The zero-order valence-corrected chi connectivity index (χ0v) is 15.4. The minimum absolute atomic E-state index is 0.176. The van der Waals surface area contributed by atoms with Crippen molar-refractivity contribution in [3.05, 3.63) is 53.0 Å². The molecule has 1 unspecified atom stereocenters. The highest BCUT2D eigenvalue weighted by Crippen LogP contribution is 2.25. The first-order valence-electron chi connectivity index (χ1n) is 9.36. The second-order valence-electron chi connectivity index (χ2n) is 7.59. The van der Waals surface area contributed by atoms with Gasteiger partial charge in [0.25, 0.3) is 0 Å². The summed E-state index contributed by atoms with van der Waals surface area (Å²) in [7, 11) is 0. The molecule has 1 aromatic carbocycles. The maximum Gasteiger partial charge on any atom is 0.348 e. The van der Waals surface area contributed by atoms with Gasteiger partial charge in [0, 0.05) is 42.2 Å². The van der Waals surface area contributed by atoms with Crippen LogP contribution >= 0.6 is 0 Å². The second kappa shape index (κ2) is 7.03. The minimum Gasteiger partial charge on any atom is -0.302 e. The van der Waals surface area contributed by atoms with Crippen molar-refractivity contribution >= 4 is 10.8 Å². The summed E-state index contributed by atoms with van der Waals surface area (Å²) in [5.41, 5.74) is 0.623. The Kier molecular flexibility index (Phi) is 4.59. The highest BCUT2D eigenvalue weighted by Gasteiger charge is 2.25. The molecule has 0 bridgehead atoms. The van der Waals surface area contributed by atoms with Gasteiger partial charge in [-0.3, -0.25) is 9.97 Å². The molecule has 0 amide bonds. The Bertz CT molecular complexity index is 953. The third kappa shape index (κ3) is 3.29. The number of pyridine rings is 1. The van der Waals surface area contributed by atoms with E-state index >= 15 is 0 Å². The van der Waals surface area contributed by atoms with Gasteiger partial charge in [0.1, 0.15) is 5.82 Å².